The van der Waals surface area contributed by atoms with Crippen molar-refractivity contribution < 1.29 is 14.3 Å². The molecule has 0 bridgehead atoms. The Labute approximate surface area is 153 Å². The number of rotatable bonds is 4. The van der Waals surface area contributed by atoms with E-state index in [0.717, 1.165) is 30.2 Å². The SMILES string of the molecule is O=C(C[C@@H]1COCCN1C(=O)/C=C/c1ccccc1)N1CCSCC1. The van der Waals surface area contributed by atoms with Crippen molar-refractivity contribution in [2.45, 2.75) is 12.5 Å². The van der Waals surface area contributed by atoms with Crippen molar-refractivity contribution in [3.8, 4) is 0 Å². The van der Waals surface area contributed by atoms with E-state index in [9.17, 15) is 9.59 Å². The lowest BCUT2D eigenvalue weighted by molar-refractivity contribution is -0.140. The molecule has 1 aromatic rings. The Bertz CT molecular complexity index is 614. The van der Waals surface area contributed by atoms with E-state index in [4.69, 9.17) is 4.74 Å². The summed E-state index contributed by atoms with van der Waals surface area (Å²) in [6.45, 7) is 3.10. The summed E-state index contributed by atoms with van der Waals surface area (Å²) in [7, 11) is 0. The van der Waals surface area contributed by atoms with Crippen molar-refractivity contribution in [1.82, 2.24) is 9.80 Å². The summed E-state index contributed by atoms with van der Waals surface area (Å²) in [5.41, 5.74) is 0.988. The van der Waals surface area contributed by atoms with Crippen molar-refractivity contribution in [1.29, 1.82) is 0 Å². The van der Waals surface area contributed by atoms with Gasteiger partial charge in [0.2, 0.25) is 11.8 Å². The van der Waals surface area contributed by atoms with Crippen LogP contribution < -0.4 is 0 Å². The van der Waals surface area contributed by atoms with Gasteiger partial charge in [-0.25, -0.2) is 0 Å². The predicted molar refractivity (Wildman–Crippen MR) is 100 cm³/mol. The van der Waals surface area contributed by atoms with Crippen LogP contribution >= 0.6 is 11.8 Å². The van der Waals surface area contributed by atoms with Crippen LogP contribution in [0.5, 0.6) is 0 Å². The third kappa shape index (κ3) is 5.09. The average Bonchev–Trinajstić information content (AvgIpc) is 2.68. The molecule has 2 aliphatic heterocycles. The first kappa shape index (κ1) is 18.0. The topological polar surface area (TPSA) is 49.9 Å². The largest absolute Gasteiger partial charge is 0.377 e. The molecular weight excluding hydrogens is 336 g/mol. The molecule has 25 heavy (non-hydrogen) atoms. The number of amides is 2. The van der Waals surface area contributed by atoms with Gasteiger partial charge >= 0.3 is 0 Å². The van der Waals surface area contributed by atoms with Gasteiger partial charge in [0.15, 0.2) is 0 Å². The first-order chi connectivity index (χ1) is 12.2. The molecule has 2 aliphatic rings. The van der Waals surface area contributed by atoms with Gasteiger partial charge in [0.1, 0.15) is 0 Å². The van der Waals surface area contributed by atoms with E-state index in [1.807, 2.05) is 53.1 Å². The second-order valence-electron chi connectivity index (χ2n) is 6.20. The number of hydrogen-bond donors (Lipinski definition) is 0. The van der Waals surface area contributed by atoms with Crippen molar-refractivity contribution in [2.75, 3.05) is 44.4 Å². The molecule has 2 amide bonds. The van der Waals surface area contributed by atoms with Crippen LogP contribution in [0.4, 0.5) is 0 Å². The maximum atomic E-state index is 12.6. The molecule has 2 fully saturated rings. The fourth-order valence-corrected chi connectivity index (χ4v) is 3.99. The number of morpholine rings is 1. The molecule has 0 radical (unpaired) electrons. The Kier molecular flexibility index (Phi) is 6.53. The van der Waals surface area contributed by atoms with Crippen LogP contribution in [-0.2, 0) is 14.3 Å². The van der Waals surface area contributed by atoms with Gasteiger partial charge in [-0.1, -0.05) is 30.3 Å². The zero-order chi connectivity index (χ0) is 17.5. The van der Waals surface area contributed by atoms with Gasteiger partial charge in [-0.3, -0.25) is 9.59 Å². The van der Waals surface area contributed by atoms with Crippen LogP contribution in [0, 0.1) is 0 Å². The zero-order valence-electron chi connectivity index (χ0n) is 14.3. The number of ether oxygens (including phenoxy) is 1. The fraction of sp³-hybridized carbons (Fsp3) is 0.474. The normalized spacial score (nSPS) is 21.5. The minimum absolute atomic E-state index is 0.0563. The molecule has 1 aromatic carbocycles. The second kappa shape index (κ2) is 9.06. The van der Waals surface area contributed by atoms with Gasteiger partial charge in [-0.15, -0.1) is 0 Å². The van der Waals surface area contributed by atoms with Crippen LogP contribution in [0.1, 0.15) is 12.0 Å². The highest BCUT2D eigenvalue weighted by Crippen LogP contribution is 2.16. The lowest BCUT2D eigenvalue weighted by Gasteiger charge is -2.36. The molecule has 0 aliphatic carbocycles. The first-order valence-electron chi connectivity index (χ1n) is 8.71. The van der Waals surface area contributed by atoms with Gasteiger partial charge in [0.05, 0.1) is 19.3 Å². The molecule has 0 spiro atoms. The highest BCUT2D eigenvalue weighted by Gasteiger charge is 2.30. The second-order valence-corrected chi connectivity index (χ2v) is 7.43. The molecule has 0 aromatic heterocycles. The lowest BCUT2D eigenvalue weighted by Crippen LogP contribution is -2.51. The van der Waals surface area contributed by atoms with E-state index < -0.39 is 0 Å². The van der Waals surface area contributed by atoms with Crippen LogP contribution in [-0.4, -0.2) is 72.0 Å². The van der Waals surface area contributed by atoms with Crippen molar-refractivity contribution in [3.05, 3.63) is 42.0 Å². The Balaban J connectivity index is 1.60. The molecule has 6 heteroatoms. The van der Waals surface area contributed by atoms with Gasteiger partial charge in [0.25, 0.3) is 0 Å². The monoisotopic (exact) mass is 360 g/mol. The summed E-state index contributed by atoms with van der Waals surface area (Å²) >= 11 is 1.88. The predicted octanol–water partition coefficient (Wildman–Crippen LogP) is 1.89. The van der Waals surface area contributed by atoms with E-state index in [1.54, 1.807) is 11.0 Å². The highest BCUT2D eigenvalue weighted by molar-refractivity contribution is 7.99. The molecule has 3 rings (SSSR count). The van der Waals surface area contributed by atoms with Crippen LogP contribution in [0.2, 0.25) is 0 Å². The summed E-state index contributed by atoms with van der Waals surface area (Å²) in [4.78, 5) is 28.8. The number of benzene rings is 1. The van der Waals surface area contributed by atoms with Gasteiger partial charge < -0.3 is 14.5 Å². The quantitative estimate of drug-likeness (QED) is 0.770. The molecular formula is C19H24N2O3S. The summed E-state index contributed by atoms with van der Waals surface area (Å²) < 4.78 is 5.52. The van der Waals surface area contributed by atoms with E-state index in [1.165, 1.54) is 0 Å². The average molecular weight is 360 g/mol. The molecule has 0 N–H and O–H groups in total. The molecule has 2 heterocycles. The molecule has 2 saturated heterocycles. The number of carbonyl (C=O) groups is 2. The number of hydrogen-bond acceptors (Lipinski definition) is 4. The van der Waals surface area contributed by atoms with Gasteiger partial charge in [-0.05, 0) is 11.6 Å². The highest BCUT2D eigenvalue weighted by atomic mass is 32.2. The third-order valence-electron chi connectivity index (χ3n) is 4.50. The molecule has 0 unspecified atom stereocenters. The number of thioether (sulfide) groups is 1. The Morgan fingerprint density at radius 1 is 1.16 bits per heavy atom. The van der Waals surface area contributed by atoms with E-state index in [-0.39, 0.29) is 17.9 Å². The molecule has 5 nitrogen and oxygen atoms in total. The summed E-state index contributed by atoms with van der Waals surface area (Å²) in [6, 6.07) is 9.57. The van der Waals surface area contributed by atoms with Crippen LogP contribution in [0.3, 0.4) is 0 Å². The van der Waals surface area contributed by atoms with E-state index in [2.05, 4.69) is 0 Å². The third-order valence-corrected chi connectivity index (χ3v) is 5.45. The van der Waals surface area contributed by atoms with Crippen LogP contribution in [0.25, 0.3) is 6.08 Å². The van der Waals surface area contributed by atoms with Crippen molar-refractivity contribution in [2.24, 2.45) is 0 Å². The summed E-state index contributed by atoms with van der Waals surface area (Å²) in [5, 5.41) is 0. The summed E-state index contributed by atoms with van der Waals surface area (Å²) in [6.07, 6.45) is 3.75. The number of carbonyl (C=O) groups excluding carboxylic acids is 2. The van der Waals surface area contributed by atoms with E-state index in [0.29, 0.717) is 26.2 Å². The lowest BCUT2D eigenvalue weighted by atomic mass is 10.1. The Hall–Kier alpha value is -1.79. The molecule has 0 saturated carbocycles. The van der Waals surface area contributed by atoms with E-state index >= 15 is 0 Å². The van der Waals surface area contributed by atoms with Gasteiger partial charge in [0, 0.05) is 43.6 Å². The maximum Gasteiger partial charge on any atom is 0.246 e. The Morgan fingerprint density at radius 2 is 1.92 bits per heavy atom. The molecule has 134 valence electrons. The summed E-state index contributed by atoms with van der Waals surface area (Å²) in [5.74, 6) is 2.06. The number of nitrogens with zero attached hydrogens (tertiary/aromatic N) is 2. The fourth-order valence-electron chi connectivity index (χ4n) is 3.08. The van der Waals surface area contributed by atoms with Crippen LogP contribution in [0.15, 0.2) is 36.4 Å². The van der Waals surface area contributed by atoms with Crippen molar-refractivity contribution in [3.63, 3.8) is 0 Å². The maximum absolute atomic E-state index is 12.6. The smallest absolute Gasteiger partial charge is 0.246 e. The standard InChI is InChI=1S/C19H24N2O3S/c22-18(7-6-16-4-2-1-3-5-16)21-8-11-24-15-17(21)14-19(23)20-9-12-25-13-10-20/h1-7,17H,8-15H2/b7-6+/t17-/m1/s1. The first-order valence-corrected chi connectivity index (χ1v) is 9.86. The molecule has 1 atom stereocenters. The van der Waals surface area contributed by atoms with Crippen molar-refractivity contribution >= 4 is 29.7 Å². The minimum Gasteiger partial charge on any atom is -0.377 e. The Morgan fingerprint density at radius 3 is 2.68 bits per heavy atom. The zero-order valence-corrected chi connectivity index (χ0v) is 15.1. The van der Waals surface area contributed by atoms with Gasteiger partial charge in [-0.2, -0.15) is 11.8 Å². The minimum atomic E-state index is -0.177.